The number of aliphatic hydroxyl groups excluding tert-OH is 2. The van der Waals surface area contributed by atoms with Crippen LogP contribution in [0.1, 0.15) is 86.4 Å². The molecule has 4 saturated heterocycles. The highest BCUT2D eigenvalue weighted by molar-refractivity contribution is 7.81. The topological polar surface area (TPSA) is 270 Å². The minimum atomic E-state index is -4.96. The molecule has 244 valence electrons. The summed E-state index contributed by atoms with van der Waals surface area (Å²) in [7, 11) is -4.96. The Balaban J connectivity index is 1.00. The van der Waals surface area contributed by atoms with Gasteiger partial charge in [0, 0.05) is 26.2 Å². The van der Waals surface area contributed by atoms with Gasteiger partial charge in [0.15, 0.2) is 0 Å². The first-order valence-corrected chi connectivity index (χ1v) is 16.1. The fourth-order valence-electron chi connectivity index (χ4n) is 7.31. The molecule has 0 aromatic carbocycles. The van der Waals surface area contributed by atoms with Crippen molar-refractivity contribution < 1.29 is 45.6 Å². The van der Waals surface area contributed by atoms with Gasteiger partial charge in [0.1, 0.15) is 24.3 Å². The predicted octanol–water partition coefficient (Wildman–Crippen LogP) is -1.09. The number of hydrogen-bond acceptors (Lipinski definition) is 16. The summed E-state index contributed by atoms with van der Waals surface area (Å²) in [5.74, 6) is 0.0657. The van der Waals surface area contributed by atoms with Gasteiger partial charge >= 0.3 is 22.5 Å². The lowest BCUT2D eigenvalue weighted by molar-refractivity contribution is -0.101. The van der Waals surface area contributed by atoms with E-state index >= 15 is 0 Å². The van der Waals surface area contributed by atoms with Crippen molar-refractivity contribution in [3.05, 3.63) is 23.6 Å². The maximum Gasteiger partial charge on any atom is 0.442 e. The van der Waals surface area contributed by atoms with Crippen LogP contribution in [0.3, 0.4) is 0 Å². The second kappa shape index (κ2) is 9.77. The summed E-state index contributed by atoms with van der Waals surface area (Å²) in [6.07, 6.45) is 1.40. The molecule has 2 aromatic heterocycles. The van der Waals surface area contributed by atoms with E-state index in [0.29, 0.717) is 38.5 Å². The summed E-state index contributed by atoms with van der Waals surface area (Å²) in [6, 6.07) is -3.97. The number of rotatable bonds is 10. The van der Waals surface area contributed by atoms with Crippen LogP contribution in [0.2, 0.25) is 0 Å². The van der Waals surface area contributed by atoms with E-state index in [0.717, 1.165) is 10.1 Å². The number of urea groups is 2. The third-order valence-electron chi connectivity index (χ3n) is 10.2. The van der Waals surface area contributed by atoms with Gasteiger partial charge in [-0.2, -0.15) is 18.5 Å². The van der Waals surface area contributed by atoms with E-state index in [9.17, 15) is 28.2 Å². The lowest BCUT2D eigenvalue weighted by atomic mass is 9.85. The van der Waals surface area contributed by atoms with E-state index in [1.165, 1.54) is 9.80 Å². The molecule has 6 atom stereocenters. The van der Waals surface area contributed by atoms with Gasteiger partial charge in [-0.1, -0.05) is 0 Å². The lowest BCUT2D eigenvalue weighted by Crippen LogP contribution is -2.45. The number of aromatic nitrogens is 4. The molecule has 20 nitrogen and oxygen atoms in total. The molecule has 0 radical (unpaired) electrons. The summed E-state index contributed by atoms with van der Waals surface area (Å²) >= 11 is 0. The second-order valence-corrected chi connectivity index (χ2v) is 13.8. The summed E-state index contributed by atoms with van der Waals surface area (Å²) in [4.78, 5) is 29.9. The first-order chi connectivity index (χ1) is 21.5. The van der Waals surface area contributed by atoms with Crippen LogP contribution in [0.25, 0.3) is 0 Å². The number of carbonyl (C=O) groups is 2. The monoisotopic (exact) mass is 652 g/mol. The average molecular weight is 653 g/mol. The zero-order valence-corrected chi connectivity index (χ0v) is 24.7. The Labute approximate surface area is 255 Å². The second-order valence-electron chi connectivity index (χ2n) is 12.7. The van der Waals surface area contributed by atoms with Crippen LogP contribution < -0.4 is 11.5 Å². The Morgan fingerprint density at radius 2 is 1.18 bits per heavy atom. The molecule has 6 fully saturated rings. The van der Waals surface area contributed by atoms with Crippen molar-refractivity contribution in [1.29, 1.82) is 0 Å². The van der Waals surface area contributed by atoms with Gasteiger partial charge in [-0.3, -0.25) is 0 Å². The molecule has 6 N–H and O–H groups in total. The minimum Gasteiger partial charge on any atom is -0.420 e. The SMILES string of the molecule is NC[C@@H](O)c1nnc([C@@H]2CC3(CC3)[C@@H]3CN2C(=O)N3OS(=O)(=O)ON2C(=O)N3C[C@H]2C2(CC2)C[C@H]3c2nnc([C@H](O)CN)o2)o1. The maximum absolute atomic E-state index is 13.5. The van der Waals surface area contributed by atoms with Crippen molar-refractivity contribution in [2.45, 2.75) is 74.9 Å². The number of aliphatic hydroxyl groups is 2. The van der Waals surface area contributed by atoms with Crippen molar-refractivity contribution in [3.63, 3.8) is 0 Å². The van der Waals surface area contributed by atoms with Crippen molar-refractivity contribution in [2.75, 3.05) is 26.2 Å². The quantitative estimate of drug-likeness (QED) is 0.237. The molecular formula is C24H32N10O10S. The highest BCUT2D eigenvalue weighted by Crippen LogP contribution is 2.63. The van der Waals surface area contributed by atoms with Crippen LogP contribution in [-0.4, -0.2) is 109 Å². The predicted molar refractivity (Wildman–Crippen MR) is 141 cm³/mol. The van der Waals surface area contributed by atoms with E-state index in [1.54, 1.807) is 0 Å². The molecule has 4 aliphatic heterocycles. The largest absolute Gasteiger partial charge is 0.442 e. The molecule has 8 rings (SSSR count). The van der Waals surface area contributed by atoms with Crippen LogP contribution >= 0.6 is 0 Å². The molecule has 2 aromatic rings. The normalized spacial score (nSPS) is 30.6. The summed E-state index contributed by atoms with van der Waals surface area (Å²) in [5.41, 5.74) is 10.1. The van der Waals surface area contributed by atoms with E-state index < -0.39 is 69.7 Å². The number of amides is 4. The Morgan fingerprint density at radius 1 is 0.778 bits per heavy atom. The molecular weight excluding hydrogens is 620 g/mol. The van der Waals surface area contributed by atoms with Crippen LogP contribution in [0.4, 0.5) is 9.59 Å². The average Bonchev–Trinajstić information content (AvgIpc) is 3.72. The van der Waals surface area contributed by atoms with E-state index in [-0.39, 0.29) is 49.7 Å². The van der Waals surface area contributed by atoms with Gasteiger partial charge in [0.25, 0.3) is 0 Å². The van der Waals surface area contributed by atoms with Crippen LogP contribution in [0.15, 0.2) is 8.83 Å². The van der Waals surface area contributed by atoms with Gasteiger partial charge in [-0.15, -0.1) is 29.0 Å². The molecule has 4 bridgehead atoms. The number of nitrogens with two attached hydrogens (primary N) is 2. The van der Waals surface area contributed by atoms with Crippen molar-refractivity contribution >= 4 is 22.5 Å². The fourth-order valence-corrected chi connectivity index (χ4v) is 8.07. The standard InChI is InChI=1S/C24H32N10O10S/c25-7-13(35)19-29-27-17(41-19)11-5-23(1-2-23)15-9-31(11)21(37)33(15)43-45(39,40)44-34-16-10-32(22(34)38)12(6-24(16)3-4-24)18-28-30-20(42-18)14(36)8-26/h11-16,35-36H,1-10,25-26H2/t11-,12-,13+,14+,15-,16-/m0/s1. The molecule has 2 saturated carbocycles. The third kappa shape index (κ3) is 4.43. The zero-order chi connectivity index (χ0) is 31.5. The van der Waals surface area contributed by atoms with Crippen molar-refractivity contribution in [1.82, 2.24) is 40.3 Å². The Bertz CT molecular complexity index is 1530. The Morgan fingerprint density at radius 3 is 1.53 bits per heavy atom. The lowest BCUT2D eigenvalue weighted by Gasteiger charge is -2.35. The maximum atomic E-state index is 13.5. The van der Waals surface area contributed by atoms with E-state index in [2.05, 4.69) is 20.4 Å². The van der Waals surface area contributed by atoms with Crippen LogP contribution in [0.5, 0.6) is 0 Å². The molecule has 6 heterocycles. The smallest absolute Gasteiger partial charge is 0.420 e. The number of nitrogens with zero attached hydrogens (tertiary/aromatic N) is 8. The molecule has 2 aliphatic carbocycles. The Hall–Kier alpha value is -3.47. The van der Waals surface area contributed by atoms with Gasteiger partial charge in [-0.25, -0.2) is 9.59 Å². The number of hydrogen-bond donors (Lipinski definition) is 4. The highest BCUT2D eigenvalue weighted by Gasteiger charge is 2.67. The number of carbonyl (C=O) groups excluding carboxylic acids is 2. The summed E-state index contributed by atoms with van der Waals surface area (Å²) in [5, 5.41) is 37.3. The van der Waals surface area contributed by atoms with E-state index in [4.69, 9.17) is 28.9 Å². The molecule has 4 amide bonds. The Kier molecular flexibility index (Phi) is 6.29. The summed E-state index contributed by atoms with van der Waals surface area (Å²) < 4.78 is 48.6. The summed E-state index contributed by atoms with van der Waals surface area (Å²) in [6.45, 7) is 0.0321. The minimum absolute atomic E-state index is 0.0743. The molecule has 21 heteroatoms. The van der Waals surface area contributed by atoms with Crippen LogP contribution in [-0.2, 0) is 19.0 Å². The zero-order valence-electron chi connectivity index (χ0n) is 23.8. The van der Waals surface area contributed by atoms with E-state index in [1.807, 2.05) is 0 Å². The number of hydroxylamine groups is 4. The first kappa shape index (κ1) is 29.0. The first-order valence-electron chi connectivity index (χ1n) is 14.7. The van der Waals surface area contributed by atoms with Gasteiger partial charge in [0.05, 0.1) is 12.1 Å². The highest BCUT2D eigenvalue weighted by atomic mass is 32.3. The fraction of sp³-hybridized carbons (Fsp3) is 0.750. The van der Waals surface area contributed by atoms with Gasteiger partial charge in [0.2, 0.25) is 23.6 Å². The van der Waals surface area contributed by atoms with Gasteiger partial charge in [-0.05, 0) is 49.4 Å². The van der Waals surface area contributed by atoms with Crippen molar-refractivity contribution in [3.8, 4) is 0 Å². The molecule has 6 aliphatic rings. The van der Waals surface area contributed by atoms with Crippen molar-refractivity contribution in [2.24, 2.45) is 22.3 Å². The number of fused-ring (bicyclic) bond motifs is 6. The van der Waals surface area contributed by atoms with Gasteiger partial charge < -0.3 is 40.3 Å². The molecule has 2 spiro atoms. The molecule has 0 unspecified atom stereocenters. The van der Waals surface area contributed by atoms with Crippen LogP contribution in [0, 0.1) is 10.8 Å². The molecule has 45 heavy (non-hydrogen) atoms. The third-order valence-corrected chi connectivity index (χ3v) is 10.9. The number of piperidine rings is 2.